The van der Waals surface area contributed by atoms with Gasteiger partial charge in [-0.25, -0.2) is 14.4 Å². The summed E-state index contributed by atoms with van der Waals surface area (Å²) < 4.78 is 13.9. The van der Waals surface area contributed by atoms with Crippen molar-refractivity contribution in [1.82, 2.24) is 9.97 Å². The standard InChI is InChI=1S/C12H18FN3O2/c1-4-8-11(13)12(15-6-14-8)16-9(7(2)3)5-10(17)18/h6-7,9H,4-5H2,1-3H3,(H,17,18)(H,14,15,16). The maximum Gasteiger partial charge on any atom is 0.305 e. The largest absolute Gasteiger partial charge is 0.481 e. The second-order valence-electron chi connectivity index (χ2n) is 4.43. The number of rotatable bonds is 6. The first-order chi connectivity index (χ1) is 8.45. The molecular formula is C12H18FN3O2. The summed E-state index contributed by atoms with van der Waals surface area (Å²) in [5, 5.41) is 11.7. The van der Waals surface area contributed by atoms with Crippen molar-refractivity contribution < 1.29 is 14.3 Å². The fraction of sp³-hybridized carbons (Fsp3) is 0.583. The summed E-state index contributed by atoms with van der Waals surface area (Å²) in [4.78, 5) is 18.4. The molecule has 5 nitrogen and oxygen atoms in total. The number of aromatic nitrogens is 2. The molecule has 0 aliphatic heterocycles. The van der Waals surface area contributed by atoms with Gasteiger partial charge in [-0.2, -0.15) is 0 Å². The zero-order valence-corrected chi connectivity index (χ0v) is 10.8. The minimum absolute atomic E-state index is 0.0561. The first kappa shape index (κ1) is 14.3. The molecule has 0 aromatic carbocycles. The van der Waals surface area contributed by atoms with E-state index in [0.29, 0.717) is 12.1 Å². The average Bonchev–Trinajstić information content (AvgIpc) is 2.30. The van der Waals surface area contributed by atoms with E-state index in [1.807, 2.05) is 13.8 Å². The molecule has 0 bridgehead atoms. The third kappa shape index (κ3) is 3.65. The van der Waals surface area contributed by atoms with E-state index in [0.717, 1.165) is 0 Å². The van der Waals surface area contributed by atoms with Gasteiger partial charge in [-0.15, -0.1) is 0 Å². The van der Waals surface area contributed by atoms with Crippen LogP contribution in [-0.2, 0) is 11.2 Å². The number of carboxylic acids is 1. The molecule has 1 aromatic rings. The Morgan fingerprint density at radius 3 is 2.67 bits per heavy atom. The van der Waals surface area contributed by atoms with Crippen LogP contribution in [0.2, 0.25) is 0 Å². The van der Waals surface area contributed by atoms with Gasteiger partial charge in [-0.1, -0.05) is 20.8 Å². The van der Waals surface area contributed by atoms with E-state index < -0.39 is 11.8 Å². The molecule has 1 rings (SSSR count). The lowest BCUT2D eigenvalue weighted by molar-refractivity contribution is -0.137. The van der Waals surface area contributed by atoms with Gasteiger partial charge < -0.3 is 10.4 Å². The molecule has 1 atom stereocenters. The molecule has 0 radical (unpaired) electrons. The quantitative estimate of drug-likeness (QED) is 0.814. The lowest BCUT2D eigenvalue weighted by Crippen LogP contribution is -2.29. The summed E-state index contributed by atoms with van der Waals surface area (Å²) in [6.07, 6.45) is 1.67. The van der Waals surface area contributed by atoms with Crippen molar-refractivity contribution in [2.24, 2.45) is 5.92 Å². The Morgan fingerprint density at radius 1 is 1.50 bits per heavy atom. The molecule has 0 fully saturated rings. The zero-order valence-electron chi connectivity index (χ0n) is 10.8. The highest BCUT2D eigenvalue weighted by Gasteiger charge is 2.20. The molecule has 1 heterocycles. The van der Waals surface area contributed by atoms with Crippen LogP contribution >= 0.6 is 0 Å². The monoisotopic (exact) mass is 255 g/mol. The van der Waals surface area contributed by atoms with E-state index in [2.05, 4.69) is 15.3 Å². The van der Waals surface area contributed by atoms with Gasteiger partial charge in [-0.3, -0.25) is 4.79 Å². The van der Waals surface area contributed by atoms with Crippen LogP contribution in [-0.4, -0.2) is 27.1 Å². The van der Waals surface area contributed by atoms with Gasteiger partial charge in [0.1, 0.15) is 6.33 Å². The van der Waals surface area contributed by atoms with Crippen LogP contribution < -0.4 is 5.32 Å². The Balaban J connectivity index is 2.90. The number of nitrogens with one attached hydrogen (secondary N) is 1. The molecule has 0 amide bonds. The van der Waals surface area contributed by atoms with Gasteiger partial charge in [0.05, 0.1) is 12.1 Å². The molecule has 0 saturated heterocycles. The van der Waals surface area contributed by atoms with Crippen LogP contribution in [0, 0.1) is 11.7 Å². The minimum Gasteiger partial charge on any atom is -0.481 e. The van der Waals surface area contributed by atoms with Gasteiger partial charge in [-0.05, 0) is 12.3 Å². The van der Waals surface area contributed by atoms with Crippen molar-refractivity contribution in [3.05, 3.63) is 17.8 Å². The average molecular weight is 255 g/mol. The number of aryl methyl sites for hydroxylation is 1. The third-order valence-corrected chi connectivity index (χ3v) is 2.72. The number of hydrogen-bond donors (Lipinski definition) is 2. The van der Waals surface area contributed by atoms with E-state index in [-0.39, 0.29) is 24.2 Å². The second kappa shape index (κ2) is 6.28. The Hall–Kier alpha value is -1.72. The predicted molar refractivity (Wildman–Crippen MR) is 65.9 cm³/mol. The summed E-state index contributed by atoms with van der Waals surface area (Å²) in [5.41, 5.74) is 0.324. The van der Waals surface area contributed by atoms with Gasteiger partial charge >= 0.3 is 5.97 Å². The number of anilines is 1. The molecule has 2 N–H and O–H groups in total. The maximum absolute atomic E-state index is 13.9. The molecule has 18 heavy (non-hydrogen) atoms. The van der Waals surface area contributed by atoms with Crippen molar-refractivity contribution >= 4 is 11.8 Å². The SMILES string of the molecule is CCc1ncnc(NC(CC(=O)O)C(C)C)c1F. The minimum atomic E-state index is -0.925. The summed E-state index contributed by atoms with van der Waals surface area (Å²) >= 11 is 0. The van der Waals surface area contributed by atoms with Crippen molar-refractivity contribution in [2.45, 2.75) is 39.7 Å². The molecule has 6 heteroatoms. The molecule has 0 aliphatic rings. The summed E-state index contributed by atoms with van der Waals surface area (Å²) in [7, 11) is 0. The normalized spacial score (nSPS) is 12.5. The first-order valence-electron chi connectivity index (χ1n) is 5.93. The summed E-state index contributed by atoms with van der Waals surface area (Å²) in [6.45, 7) is 5.55. The number of carboxylic acid groups (broad SMARTS) is 1. The van der Waals surface area contributed by atoms with Crippen LogP contribution in [0.3, 0.4) is 0 Å². The van der Waals surface area contributed by atoms with E-state index in [1.54, 1.807) is 6.92 Å². The van der Waals surface area contributed by atoms with Crippen LogP contribution in [0.4, 0.5) is 10.2 Å². The van der Waals surface area contributed by atoms with Gasteiger partial charge in [0, 0.05) is 6.04 Å². The zero-order chi connectivity index (χ0) is 13.7. The summed E-state index contributed by atoms with van der Waals surface area (Å²) in [6, 6.07) is -0.364. The Bertz CT molecular complexity index is 424. The van der Waals surface area contributed by atoms with Gasteiger partial charge in [0.15, 0.2) is 11.6 Å². The highest BCUT2D eigenvalue weighted by Crippen LogP contribution is 2.18. The molecular weight excluding hydrogens is 237 g/mol. The molecule has 1 unspecified atom stereocenters. The lowest BCUT2D eigenvalue weighted by atomic mass is 10.0. The highest BCUT2D eigenvalue weighted by atomic mass is 19.1. The Morgan fingerprint density at radius 2 is 2.17 bits per heavy atom. The van der Waals surface area contributed by atoms with E-state index in [1.165, 1.54) is 6.33 Å². The lowest BCUT2D eigenvalue weighted by Gasteiger charge is -2.21. The van der Waals surface area contributed by atoms with Crippen molar-refractivity contribution in [2.75, 3.05) is 5.32 Å². The smallest absolute Gasteiger partial charge is 0.305 e. The molecule has 0 aliphatic carbocycles. The molecule has 100 valence electrons. The Labute approximate surface area is 105 Å². The summed E-state index contributed by atoms with van der Waals surface area (Å²) in [5.74, 6) is -1.30. The van der Waals surface area contributed by atoms with Crippen LogP contribution in [0.5, 0.6) is 0 Å². The maximum atomic E-state index is 13.9. The van der Waals surface area contributed by atoms with E-state index >= 15 is 0 Å². The fourth-order valence-corrected chi connectivity index (χ4v) is 1.57. The van der Waals surface area contributed by atoms with Gasteiger partial charge in [0.25, 0.3) is 0 Å². The van der Waals surface area contributed by atoms with E-state index in [4.69, 9.17) is 5.11 Å². The van der Waals surface area contributed by atoms with Crippen molar-refractivity contribution in [3.8, 4) is 0 Å². The van der Waals surface area contributed by atoms with Crippen LogP contribution in [0.1, 0.15) is 32.9 Å². The molecule has 0 spiro atoms. The third-order valence-electron chi connectivity index (χ3n) is 2.72. The van der Waals surface area contributed by atoms with Gasteiger partial charge in [0.2, 0.25) is 0 Å². The van der Waals surface area contributed by atoms with E-state index in [9.17, 15) is 9.18 Å². The molecule has 1 aromatic heterocycles. The second-order valence-corrected chi connectivity index (χ2v) is 4.43. The van der Waals surface area contributed by atoms with Crippen LogP contribution in [0.15, 0.2) is 6.33 Å². The van der Waals surface area contributed by atoms with Crippen LogP contribution in [0.25, 0.3) is 0 Å². The number of hydrogen-bond acceptors (Lipinski definition) is 4. The first-order valence-corrected chi connectivity index (χ1v) is 5.93. The Kier molecular flexibility index (Phi) is 5.00. The number of nitrogens with zero attached hydrogens (tertiary/aromatic N) is 2. The fourth-order valence-electron chi connectivity index (χ4n) is 1.57. The predicted octanol–water partition coefficient (Wildman–Crippen LogP) is 2.09. The molecule has 0 saturated carbocycles. The number of carbonyl (C=O) groups is 1. The highest BCUT2D eigenvalue weighted by molar-refractivity contribution is 5.68. The number of halogens is 1. The number of aliphatic carboxylic acids is 1. The van der Waals surface area contributed by atoms with Crippen molar-refractivity contribution in [1.29, 1.82) is 0 Å². The van der Waals surface area contributed by atoms with Crippen molar-refractivity contribution in [3.63, 3.8) is 0 Å². The topological polar surface area (TPSA) is 75.1 Å².